The molecule has 1 unspecified atom stereocenters. The third-order valence-corrected chi connectivity index (χ3v) is 3.59. The van der Waals surface area contributed by atoms with Gasteiger partial charge in [-0.15, -0.1) is 0 Å². The van der Waals surface area contributed by atoms with Crippen LogP contribution in [0.3, 0.4) is 0 Å². The molecule has 112 valence electrons. The Labute approximate surface area is 122 Å². The van der Waals surface area contributed by atoms with Crippen molar-refractivity contribution in [1.29, 1.82) is 0 Å². The van der Waals surface area contributed by atoms with Crippen LogP contribution in [0.1, 0.15) is 51.2 Å². The Hall–Kier alpha value is -1.35. The van der Waals surface area contributed by atoms with Crippen molar-refractivity contribution in [2.45, 2.75) is 58.5 Å². The highest BCUT2D eigenvalue weighted by Crippen LogP contribution is 2.27. The molecule has 0 fully saturated rings. The molecule has 0 bridgehead atoms. The normalized spacial score (nSPS) is 13.1. The van der Waals surface area contributed by atoms with Crippen molar-refractivity contribution in [3.8, 4) is 0 Å². The summed E-state index contributed by atoms with van der Waals surface area (Å²) in [5, 5.41) is 12.4. The van der Waals surface area contributed by atoms with Crippen LogP contribution in [0.15, 0.2) is 24.3 Å². The molecule has 0 spiro atoms. The number of hydrogen-bond donors (Lipinski definition) is 2. The lowest BCUT2D eigenvalue weighted by atomic mass is 9.81. The first-order chi connectivity index (χ1) is 9.35. The molecule has 3 nitrogen and oxygen atoms in total. The highest BCUT2D eigenvalue weighted by Gasteiger charge is 2.24. The zero-order chi connectivity index (χ0) is 15.2. The van der Waals surface area contributed by atoms with Crippen molar-refractivity contribution in [1.82, 2.24) is 5.32 Å². The smallest absolute Gasteiger partial charge is 0.220 e. The maximum Gasteiger partial charge on any atom is 0.220 e. The van der Waals surface area contributed by atoms with Crippen LogP contribution < -0.4 is 5.32 Å². The van der Waals surface area contributed by atoms with E-state index in [1.165, 1.54) is 5.56 Å². The summed E-state index contributed by atoms with van der Waals surface area (Å²) in [4.78, 5) is 12.0. The predicted molar refractivity (Wildman–Crippen MR) is 82.7 cm³/mol. The summed E-state index contributed by atoms with van der Waals surface area (Å²) in [6.45, 7) is 8.56. The second-order valence-corrected chi connectivity index (χ2v) is 6.17. The number of rotatable bonds is 7. The summed E-state index contributed by atoms with van der Waals surface area (Å²) in [6.07, 6.45) is 1.63. The third-order valence-electron chi connectivity index (χ3n) is 3.59. The molecule has 0 heterocycles. The van der Waals surface area contributed by atoms with Gasteiger partial charge in [0.05, 0.1) is 6.10 Å². The van der Waals surface area contributed by atoms with E-state index in [1.807, 2.05) is 6.92 Å². The summed E-state index contributed by atoms with van der Waals surface area (Å²) >= 11 is 0. The van der Waals surface area contributed by atoms with E-state index in [-0.39, 0.29) is 11.3 Å². The number of aliphatic hydroxyl groups excluding tert-OH is 1. The first-order valence-electron chi connectivity index (χ1n) is 7.37. The Morgan fingerprint density at radius 2 is 1.90 bits per heavy atom. The first kappa shape index (κ1) is 16.7. The van der Waals surface area contributed by atoms with Crippen molar-refractivity contribution in [3.05, 3.63) is 35.4 Å². The summed E-state index contributed by atoms with van der Waals surface area (Å²) in [6, 6.07) is 8.29. The number of benzene rings is 1. The molecule has 0 aliphatic heterocycles. The summed E-state index contributed by atoms with van der Waals surface area (Å²) in [5.41, 5.74) is 2.18. The van der Waals surface area contributed by atoms with Gasteiger partial charge in [-0.3, -0.25) is 4.79 Å². The Morgan fingerprint density at radius 3 is 2.45 bits per heavy atom. The van der Waals surface area contributed by atoms with Crippen molar-refractivity contribution in [3.63, 3.8) is 0 Å². The van der Waals surface area contributed by atoms with E-state index in [4.69, 9.17) is 0 Å². The lowest BCUT2D eigenvalue weighted by molar-refractivity contribution is -0.122. The monoisotopic (exact) mass is 277 g/mol. The molecule has 3 heteroatoms. The topological polar surface area (TPSA) is 49.3 Å². The van der Waals surface area contributed by atoms with Gasteiger partial charge >= 0.3 is 0 Å². The molecule has 1 amide bonds. The molecule has 0 saturated carbocycles. The molecular formula is C17H27NO2. The number of carbonyl (C=O) groups excluding carboxylic acids is 1. The largest absolute Gasteiger partial charge is 0.391 e. The van der Waals surface area contributed by atoms with E-state index >= 15 is 0 Å². The van der Waals surface area contributed by atoms with Gasteiger partial charge in [-0.25, -0.2) is 0 Å². The zero-order valence-electron chi connectivity index (χ0n) is 13.1. The molecule has 0 saturated heterocycles. The molecule has 0 aliphatic rings. The molecular weight excluding hydrogens is 250 g/mol. The van der Waals surface area contributed by atoms with Crippen LogP contribution in [0, 0.1) is 6.92 Å². The highest BCUT2D eigenvalue weighted by molar-refractivity contribution is 5.77. The third kappa shape index (κ3) is 5.33. The molecule has 0 aromatic heterocycles. The Morgan fingerprint density at radius 1 is 1.30 bits per heavy atom. The summed E-state index contributed by atoms with van der Waals surface area (Å²) < 4.78 is 0. The number of amides is 1. The van der Waals surface area contributed by atoms with Gasteiger partial charge in [0.25, 0.3) is 0 Å². The maximum absolute atomic E-state index is 12.0. The Balaban J connectivity index is 2.53. The SMILES string of the molecule is CCCC(O)CNC(=O)CC(C)(C)c1ccc(C)cc1. The van der Waals surface area contributed by atoms with E-state index in [0.29, 0.717) is 13.0 Å². The molecule has 1 atom stereocenters. The molecule has 0 aliphatic carbocycles. The van der Waals surface area contributed by atoms with Crippen LogP contribution in [-0.4, -0.2) is 23.7 Å². The van der Waals surface area contributed by atoms with Crippen LogP contribution in [0.2, 0.25) is 0 Å². The molecule has 1 rings (SSSR count). The fourth-order valence-corrected chi connectivity index (χ4v) is 2.24. The summed E-state index contributed by atoms with van der Waals surface area (Å²) in [7, 11) is 0. The van der Waals surface area contributed by atoms with Crippen LogP contribution in [-0.2, 0) is 10.2 Å². The first-order valence-corrected chi connectivity index (χ1v) is 7.37. The zero-order valence-corrected chi connectivity index (χ0v) is 13.1. The van der Waals surface area contributed by atoms with Gasteiger partial charge in [0.1, 0.15) is 0 Å². The van der Waals surface area contributed by atoms with E-state index in [9.17, 15) is 9.90 Å². The lowest BCUT2D eigenvalue weighted by Gasteiger charge is -2.25. The maximum atomic E-state index is 12.0. The van der Waals surface area contributed by atoms with Gasteiger partial charge in [0, 0.05) is 13.0 Å². The van der Waals surface area contributed by atoms with Gasteiger partial charge in [-0.05, 0) is 24.3 Å². The van der Waals surface area contributed by atoms with Gasteiger partial charge in [0.15, 0.2) is 0 Å². The average molecular weight is 277 g/mol. The Bertz CT molecular complexity index is 423. The second kappa shape index (κ2) is 7.44. The number of carbonyl (C=O) groups is 1. The van der Waals surface area contributed by atoms with E-state index in [0.717, 1.165) is 18.4 Å². The van der Waals surface area contributed by atoms with Crippen LogP contribution >= 0.6 is 0 Å². The minimum absolute atomic E-state index is 0.00859. The van der Waals surface area contributed by atoms with Gasteiger partial charge in [-0.2, -0.15) is 0 Å². The minimum atomic E-state index is -0.438. The molecule has 1 aromatic carbocycles. The fraction of sp³-hybridized carbons (Fsp3) is 0.588. The highest BCUT2D eigenvalue weighted by atomic mass is 16.3. The van der Waals surface area contributed by atoms with E-state index in [2.05, 4.69) is 50.4 Å². The standard InChI is InChI=1S/C17H27NO2/c1-5-6-15(19)12-18-16(20)11-17(3,4)14-9-7-13(2)8-10-14/h7-10,15,19H,5-6,11-12H2,1-4H3,(H,18,20). The van der Waals surface area contributed by atoms with E-state index < -0.39 is 6.10 Å². The number of hydrogen-bond acceptors (Lipinski definition) is 2. The lowest BCUT2D eigenvalue weighted by Crippen LogP contribution is -2.35. The van der Waals surface area contributed by atoms with Crippen molar-refractivity contribution in [2.75, 3.05) is 6.54 Å². The van der Waals surface area contributed by atoms with Crippen molar-refractivity contribution >= 4 is 5.91 Å². The van der Waals surface area contributed by atoms with Crippen LogP contribution in [0.4, 0.5) is 0 Å². The van der Waals surface area contributed by atoms with Crippen LogP contribution in [0.5, 0.6) is 0 Å². The van der Waals surface area contributed by atoms with Crippen molar-refractivity contribution in [2.24, 2.45) is 0 Å². The number of aryl methyl sites for hydroxylation is 1. The minimum Gasteiger partial charge on any atom is -0.391 e. The molecule has 0 radical (unpaired) electrons. The molecule has 1 aromatic rings. The molecule has 2 N–H and O–H groups in total. The van der Waals surface area contributed by atoms with Gasteiger partial charge in [-0.1, -0.05) is 57.0 Å². The van der Waals surface area contributed by atoms with E-state index in [1.54, 1.807) is 0 Å². The molecule has 20 heavy (non-hydrogen) atoms. The quantitative estimate of drug-likeness (QED) is 0.805. The number of nitrogens with one attached hydrogen (secondary N) is 1. The van der Waals surface area contributed by atoms with Crippen molar-refractivity contribution < 1.29 is 9.90 Å². The Kier molecular flexibility index (Phi) is 6.21. The fourth-order valence-electron chi connectivity index (χ4n) is 2.24. The van der Waals surface area contributed by atoms with Gasteiger partial charge in [0.2, 0.25) is 5.91 Å². The van der Waals surface area contributed by atoms with Gasteiger partial charge < -0.3 is 10.4 Å². The second-order valence-electron chi connectivity index (χ2n) is 6.17. The predicted octanol–water partition coefficient (Wildman–Crippen LogP) is 2.94. The number of aliphatic hydroxyl groups is 1. The van der Waals surface area contributed by atoms with Crippen LogP contribution in [0.25, 0.3) is 0 Å². The average Bonchev–Trinajstić information content (AvgIpc) is 2.37. The summed E-state index contributed by atoms with van der Waals surface area (Å²) in [5.74, 6) is -0.00859.